The van der Waals surface area contributed by atoms with Crippen LogP contribution < -0.4 is 10.3 Å². The largest absolute Gasteiger partial charge is 0.492 e. The van der Waals surface area contributed by atoms with Crippen LogP contribution in [0.3, 0.4) is 0 Å². The molecule has 4 rings (SSSR count). The summed E-state index contributed by atoms with van der Waals surface area (Å²) in [5.41, 5.74) is -3.82. The molecule has 222 valence electrons. The molecule has 1 saturated carbocycles. The monoisotopic (exact) mass is 582 g/mol. The summed E-state index contributed by atoms with van der Waals surface area (Å²) < 4.78 is 87.5. The van der Waals surface area contributed by atoms with Gasteiger partial charge >= 0.3 is 12.4 Å². The third-order valence-electron chi connectivity index (χ3n) is 7.61. The number of ether oxygens (including phenoxy) is 1. The number of alkyl halides is 6. The highest BCUT2D eigenvalue weighted by atomic mass is 19.4. The van der Waals surface area contributed by atoms with Crippen LogP contribution in [-0.2, 0) is 25.9 Å². The molecular formula is C30H32F6N2O3. The predicted molar refractivity (Wildman–Crippen MR) is 143 cm³/mol. The van der Waals surface area contributed by atoms with E-state index in [0.29, 0.717) is 35.4 Å². The second kappa shape index (κ2) is 12.2. The van der Waals surface area contributed by atoms with Gasteiger partial charge in [-0.3, -0.25) is 9.59 Å². The number of aryl methyl sites for hydroxylation is 1. The van der Waals surface area contributed by atoms with Gasteiger partial charge in [0.25, 0.3) is 11.5 Å². The van der Waals surface area contributed by atoms with E-state index in [1.807, 2.05) is 0 Å². The Bertz CT molecular complexity index is 1420. The highest BCUT2D eigenvalue weighted by Crippen LogP contribution is 2.37. The average molecular weight is 583 g/mol. The Balaban J connectivity index is 1.65. The number of carbonyl (C=O) groups is 1. The maximum absolute atomic E-state index is 13.6. The Hall–Kier alpha value is -3.50. The molecular weight excluding hydrogens is 550 g/mol. The molecule has 41 heavy (non-hydrogen) atoms. The van der Waals surface area contributed by atoms with Crippen molar-refractivity contribution in [3.63, 3.8) is 0 Å². The molecule has 1 fully saturated rings. The second-order valence-electron chi connectivity index (χ2n) is 10.7. The highest BCUT2D eigenvalue weighted by Gasteiger charge is 2.37. The smallest absolute Gasteiger partial charge is 0.416 e. The van der Waals surface area contributed by atoms with Crippen LogP contribution in [0, 0.1) is 5.92 Å². The van der Waals surface area contributed by atoms with Gasteiger partial charge in [-0.2, -0.15) is 26.3 Å². The lowest BCUT2D eigenvalue weighted by molar-refractivity contribution is -0.143. The Labute approximate surface area is 233 Å². The summed E-state index contributed by atoms with van der Waals surface area (Å²) in [5.74, 6) is -0.206. The predicted octanol–water partition coefficient (Wildman–Crippen LogP) is 7.59. The zero-order valence-corrected chi connectivity index (χ0v) is 22.9. The number of fused-ring (bicyclic) bond motifs is 1. The van der Waals surface area contributed by atoms with Crippen LogP contribution in [0.4, 0.5) is 26.3 Å². The fourth-order valence-electron chi connectivity index (χ4n) is 5.47. The van der Waals surface area contributed by atoms with Crippen molar-refractivity contribution >= 4 is 16.8 Å². The summed E-state index contributed by atoms with van der Waals surface area (Å²) in [5, 5.41) is 0.502. The number of rotatable bonds is 8. The summed E-state index contributed by atoms with van der Waals surface area (Å²) in [7, 11) is 2.70. The fraction of sp³-hybridized carbons (Fsp3) is 0.467. The van der Waals surface area contributed by atoms with Crippen molar-refractivity contribution in [2.75, 3.05) is 13.7 Å². The molecule has 0 radical (unpaired) electrons. The van der Waals surface area contributed by atoms with Crippen LogP contribution in [-0.4, -0.2) is 29.0 Å². The van der Waals surface area contributed by atoms with Crippen LogP contribution >= 0.6 is 0 Å². The van der Waals surface area contributed by atoms with Gasteiger partial charge in [-0.05, 0) is 54.7 Å². The maximum Gasteiger partial charge on any atom is 0.416 e. The number of hydrogen-bond acceptors (Lipinski definition) is 3. The molecule has 3 aromatic rings. The molecule has 1 aliphatic rings. The lowest BCUT2D eigenvalue weighted by Crippen LogP contribution is -2.34. The number of halogens is 6. The van der Waals surface area contributed by atoms with Crippen molar-refractivity contribution in [2.24, 2.45) is 13.0 Å². The number of amides is 1. The van der Waals surface area contributed by atoms with Gasteiger partial charge in [0.05, 0.1) is 23.3 Å². The molecule has 0 N–H and O–H groups in total. The zero-order chi connectivity index (χ0) is 29.9. The quantitative estimate of drug-likeness (QED) is 0.203. The third-order valence-corrected chi connectivity index (χ3v) is 7.61. The molecule has 1 aromatic heterocycles. The fourth-order valence-corrected chi connectivity index (χ4v) is 5.47. The van der Waals surface area contributed by atoms with E-state index < -0.39 is 41.5 Å². The second-order valence-corrected chi connectivity index (χ2v) is 10.7. The Morgan fingerprint density at radius 3 is 2.20 bits per heavy atom. The molecule has 1 aliphatic carbocycles. The Morgan fingerprint density at radius 1 is 0.976 bits per heavy atom. The van der Waals surface area contributed by atoms with Crippen molar-refractivity contribution in [3.05, 3.63) is 75.1 Å². The number of aromatic nitrogens is 1. The number of hydrogen-bond donors (Lipinski definition) is 0. The normalized spacial score (nSPS) is 14.8. The van der Waals surface area contributed by atoms with Crippen molar-refractivity contribution in [1.29, 1.82) is 0 Å². The van der Waals surface area contributed by atoms with E-state index in [1.165, 1.54) is 37.9 Å². The van der Waals surface area contributed by atoms with Crippen molar-refractivity contribution in [2.45, 2.75) is 63.8 Å². The van der Waals surface area contributed by atoms with Gasteiger partial charge in [0.2, 0.25) is 0 Å². The number of benzene rings is 2. The summed E-state index contributed by atoms with van der Waals surface area (Å²) >= 11 is 0. The van der Waals surface area contributed by atoms with E-state index in [0.717, 1.165) is 24.2 Å². The van der Waals surface area contributed by atoms with Crippen molar-refractivity contribution < 1.29 is 35.9 Å². The van der Waals surface area contributed by atoms with E-state index >= 15 is 0 Å². The standard InChI is InChI=1S/C30H32F6N2O3/c1-37(18-20-15-21(29(31,32)33)17-22(16-20)30(34,35)36)27(39)25-26(41-14-8-11-19-9-4-3-5-10-19)23-12-6-7-13-24(23)38(2)28(25)40/h6-7,12-13,15-17,19H,3-5,8-11,14,18H2,1-2H3. The van der Waals surface area contributed by atoms with E-state index in [4.69, 9.17) is 4.74 Å². The van der Waals surface area contributed by atoms with Crippen LogP contribution in [0.25, 0.3) is 10.9 Å². The van der Waals surface area contributed by atoms with Crippen LogP contribution in [0.15, 0.2) is 47.3 Å². The maximum atomic E-state index is 13.6. The first kappa shape index (κ1) is 30.5. The Kier molecular flexibility index (Phi) is 9.03. The van der Waals surface area contributed by atoms with Crippen LogP contribution in [0.1, 0.15) is 72.0 Å². The van der Waals surface area contributed by atoms with Crippen LogP contribution in [0.2, 0.25) is 0 Å². The molecule has 2 aromatic carbocycles. The van der Waals surface area contributed by atoms with Crippen molar-refractivity contribution in [3.8, 4) is 5.75 Å². The van der Waals surface area contributed by atoms with Crippen molar-refractivity contribution in [1.82, 2.24) is 9.47 Å². The first-order chi connectivity index (χ1) is 19.3. The van der Waals surface area contributed by atoms with E-state index in [2.05, 4.69) is 0 Å². The van der Waals surface area contributed by atoms with E-state index in [-0.39, 0.29) is 29.5 Å². The van der Waals surface area contributed by atoms with Gasteiger partial charge < -0.3 is 14.2 Å². The minimum Gasteiger partial charge on any atom is -0.492 e. The highest BCUT2D eigenvalue weighted by molar-refractivity contribution is 6.02. The first-order valence-corrected chi connectivity index (χ1v) is 13.6. The molecule has 0 spiro atoms. The van der Waals surface area contributed by atoms with Gasteiger partial charge in [0.1, 0.15) is 11.3 Å². The summed E-state index contributed by atoms with van der Waals surface area (Å²) in [4.78, 5) is 27.9. The van der Waals surface area contributed by atoms with Gasteiger partial charge in [0.15, 0.2) is 0 Å². The van der Waals surface area contributed by atoms with E-state index in [1.54, 1.807) is 24.3 Å². The number of para-hydroxylation sites is 1. The van der Waals surface area contributed by atoms with Gasteiger partial charge in [-0.15, -0.1) is 0 Å². The molecule has 1 heterocycles. The lowest BCUT2D eigenvalue weighted by atomic mass is 9.86. The summed E-state index contributed by atoms with van der Waals surface area (Å²) in [6.45, 7) is -0.344. The van der Waals surface area contributed by atoms with Gasteiger partial charge in [0, 0.05) is 26.0 Å². The Morgan fingerprint density at radius 2 is 1.59 bits per heavy atom. The molecule has 0 atom stereocenters. The minimum absolute atomic E-state index is 0.0314. The molecule has 0 bridgehead atoms. The molecule has 0 saturated heterocycles. The minimum atomic E-state index is -5.02. The average Bonchev–Trinajstić information content (AvgIpc) is 2.92. The molecule has 5 nitrogen and oxygen atoms in total. The number of nitrogens with zero attached hydrogens (tertiary/aromatic N) is 2. The molecule has 1 amide bonds. The third kappa shape index (κ3) is 7.05. The molecule has 0 unspecified atom stereocenters. The van der Waals surface area contributed by atoms with E-state index in [9.17, 15) is 35.9 Å². The van der Waals surface area contributed by atoms with Gasteiger partial charge in [-0.1, -0.05) is 44.2 Å². The SMILES string of the molecule is CN(Cc1cc(C(F)(F)F)cc(C(F)(F)F)c1)C(=O)c1c(OCCCC2CCCCC2)c2ccccc2n(C)c1=O. The first-order valence-electron chi connectivity index (χ1n) is 13.6. The zero-order valence-electron chi connectivity index (χ0n) is 22.9. The number of carbonyl (C=O) groups excluding carboxylic acids is 1. The molecule has 11 heteroatoms. The van der Waals surface area contributed by atoms with Gasteiger partial charge in [-0.25, -0.2) is 0 Å². The topological polar surface area (TPSA) is 51.5 Å². The summed E-state index contributed by atoms with van der Waals surface area (Å²) in [6.07, 6.45) is -2.42. The summed E-state index contributed by atoms with van der Waals surface area (Å²) in [6, 6.07) is 8.02. The molecule has 0 aliphatic heterocycles. The number of pyridine rings is 1. The van der Waals surface area contributed by atoms with Crippen LogP contribution in [0.5, 0.6) is 5.75 Å². The lowest BCUT2D eigenvalue weighted by Gasteiger charge is -2.23.